The lowest BCUT2D eigenvalue weighted by molar-refractivity contribution is -0.234. The van der Waals surface area contributed by atoms with Gasteiger partial charge in [0.2, 0.25) is 0 Å². The van der Waals surface area contributed by atoms with Crippen molar-refractivity contribution >= 4 is 11.8 Å². The van der Waals surface area contributed by atoms with E-state index in [4.69, 9.17) is 4.74 Å². The maximum atomic E-state index is 12.0. The van der Waals surface area contributed by atoms with Gasteiger partial charge < -0.3 is 4.74 Å². The van der Waals surface area contributed by atoms with Gasteiger partial charge in [0.15, 0.2) is 0 Å². The molecule has 3 unspecified atom stereocenters. The summed E-state index contributed by atoms with van der Waals surface area (Å²) in [6, 6.07) is 0. The number of ketones is 1. The van der Waals surface area contributed by atoms with Gasteiger partial charge in [-0.3, -0.25) is 9.59 Å². The van der Waals surface area contributed by atoms with Crippen LogP contribution < -0.4 is 0 Å². The third-order valence-corrected chi connectivity index (χ3v) is 4.80. The summed E-state index contributed by atoms with van der Waals surface area (Å²) < 4.78 is 5.57. The van der Waals surface area contributed by atoms with E-state index >= 15 is 0 Å². The largest absolute Gasteiger partial charge is 0.458 e. The van der Waals surface area contributed by atoms with Crippen molar-refractivity contribution in [1.82, 2.24) is 0 Å². The lowest BCUT2D eigenvalue weighted by Crippen LogP contribution is -2.69. The van der Waals surface area contributed by atoms with Gasteiger partial charge in [0.1, 0.15) is 11.4 Å². The zero-order chi connectivity index (χ0) is 10.7. The van der Waals surface area contributed by atoms with E-state index in [1.807, 2.05) is 0 Å². The van der Waals surface area contributed by atoms with Gasteiger partial charge in [-0.15, -0.1) is 0 Å². The number of fused-ring (bicyclic) bond motifs is 2. The van der Waals surface area contributed by atoms with E-state index in [1.54, 1.807) is 0 Å². The molecule has 0 amide bonds. The van der Waals surface area contributed by atoms with Crippen molar-refractivity contribution in [2.45, 2.75) is 51.0 Å². The minimum absolute atomic E-state index is 0.222. The minimum Gasteiger partial charge on any atom is -0.458 e. The van der Waals surface area contributed by atoms with E-state index in [9.17, 15) is 9.59 Å². The first-order valence-corrected chi connectivity index (χ1v) is 5.84. The van der Waals surface area contributed by atoms with E-state index < -0.39 is 0 Å². The first kappa shape index (κ1) is 9.37. The molecular formula is C12H16O3. The van der Waals surface area contributed by atoms with Crippen molar-refractivity contribution in [2.75, 3.05) is 0 Å². The highest BCUT2D eigenvalue weighted by atomic mass is 16.6. The molecule has 0 N–H and O–H groups in total. The maximum Gasteiger partial charge on any atom is 0.303 e. The first-order chi connectivity index (χ1) is 7.11. The highest BCUT2D eigenvalue weighted by Gasteiger charge is 2.74. The van der Waals surface area contributed by atoms with Crippen molar-refractivity contribution in [3.63, 3.8) is 0 Å². The Bertz CT molecular complexity index is 349. The summed E-state index contributed by atoms with van der Waals surface area (Å²) in [7, 11) is 0. The van der Waals surface area contributed by atoms with E-state index in [2.05, 4.69) is 0 Å². The van der Waals surface area contributed by atoms with Crippen LogP contribution in [0.5, 0.6) is 0 Å². The number of hydrogen-bond donors (Lipinski definition) is 0. The quantitative estimate of drug-likeness (QED) is 0.617. The fourth-order valence-corrected chi connectivity index (χ4v) is 4.29. The summed E-state index contributed by atoms with van der Waals surface area (Å²) >= 11 is 0. The molecule has 3 nitrogen and oxygen atoms in total. The summed E-state index contributed by atoms with van der Waals surface area (Å²) in [6.45, 7) is 1.46. The lowest BCUT2D eigenvalue weighted by Gasteiger charge is -2.62. The van der Waals surface area contributed by atoms with Crippen molar-refractivity contribution in [1.29, 1.82) is 0 Å². The van der Waals surface area contributed by atoms with Gasteiger partial charge in [0, 0.05) is 19.3 Å². The Morgan fingerprint density at radius 1 is 1.47 bits per heavy atom. The van der Waals surface area contributed by atoms with Crippen molar-refractivity contribution in [3.05, 3.63) is 0 Å². The summed E-state index contributed by atoms with van der Waals surface area (Å²) in [4.78, 5) is 23.2. The van der Waals surface area contributed by atoms with Crippen LogP contribution in [0.15, 0.2) is 0 Å². The zero-order valence-electron chi connectivity index (χ0n) is 9.04. The van der Waals surface area contributed by atoms with Gasteiger partial charge in [-0.1, -0.05) is 0 Å². The summed E-state index contributed by atoms with van der Waals surface area (Å²) in [6.07, 6.45) is 5.48. The fourth-order valence-electron chi connectivity index (χ4n) is 4.29. The molecule has 0 aliphatic heterocycles. The van der Waals surface area contributed by atoms with Crippen LogP contribution in [0.25, 0.3) is 0 Å². The number of carbonyl (C=O) groups is 2. The maximum absolute atomic E-state index is 12.0. The number of Topliss-reactive ketones (excluding diaryl/α,β-unsaturated/α-hetero) is 1. The molecule has 3 heteroatoms. The molecule has 3 atom stereocenters. The average molecular weight is 208 g/mol. The highest BCUT2D eigenvalue weighted by molar-refractivity contribution is 5.90. The number of esters is 1. The Morgan fingerprint density at radius 2 is 2.27 bits per heavy atom. The SMILES string of the molecule is CC(=O)OC12CCCC13CC2CCC3=O. The minimum atomic E-state index is -0.381. The molecule has 3 aliphatic rings. The first-order valence-electron chi connectivity index (χ1n) is 5.84. The molecule has 15 heavy (non-hydrogen) atoms. The van der Waals surface area contributed by atoms with Gasteiger partial charge in [-0.2, -0.15) is 0 Å². The van der Waals surface area contributed by atoms with Crippen LogP contribution in [0.1, 0.15) is 45.4 Å². The predicted octanol–water partition coefficient (Wildman–Crippen LogP) is 1.84. The molecule has 0 aromatic heterocycles. The molecule has 1 spiro atoms. The summed E-state index contributed by atoms with van der Waals surface area (Å²) in [5.41, 5.74) is -0.643. The normalized spacial score (nSPS) is 47.0. The lowest BCUT2D eigenvalue weighted by atomic mass is 9.45. The zero-order valence-corrected chi connectivity index (χ0v) is 9.04. The Hall–Kier alpha value is -0.860. The molecule has 82 valence electrons. The van der Waals surface area contributed by atoms with Crippen LogP contribution in [-0.2, 0) is 14.3 Å². The summed E-state index contributed by atoms with van der Waals surface area (Å²) in [5.74, 6) is 0.589. The molecule has 3 saturated carbocycles. The predicted molar refractivity (Wildman–Crippen MR) is 53.1 cm³/mol. The van der Waals surface area contributed by atoms with Crippen LogP contribution in [0.3, 0.4) is 0 Å². The van der Waals surface area contributed by atoms with Gasteiger partial charge in [0.25, 0.3) is 0 Å². The second-order valence-electron chi connectivity index (χ2n) is 5.28. The third kappa shape index (κ3) is 0.876. The van der Waals surface area contributed by atoms with Gasteiger partial charge >= 0.3 is 5.97 Å². The molecule has 2 bridgehead atoms. The van der Waals surface area contributed by atoms with Crippen LogP contribution in [0.2, 0.25) is 0 Å². The Kier molecular flexibility index (Phi) is 1.64. The van der Waals surface area contributed by atoms with E-state index in [-0.39, 0.29) is 17.0 Å². The standard InChI is InChI=1S/C12H16O3/c1-8(13)15-12-6-2-5-11(12)7-9(12)3-4-10(11)14/h9H,2-7H2,1H3. The van der Waals surface area contributed by atoms with E-state index in [0.717, 1.165) is 32.1 Å². The molecule has 0 radical (unpaired) electrons. The molecule has 3 fully saturated rings. The fraction of sp³-hybridized carbons (Fsp3) is 0.833. The van der Waals surface area contributed by atoms with E-state index in [1.165, 1.54) is 6.92 Å². The summed E-state index contributed by atoms with van der Waals surface area (Å²) in [5, 5.41) is 0. The van der Waals surface area contributed by atoms with Crippen LogP contribution in [-0.4, -0.2) is 17.4 Å². The molecule has 0 saturated heterocycles. The van der Waals surface area contributed by atoms with Gasteiger partial charge in [0.05, 0.1) is 5.41 Å². The molecular weight excluding hydrogens is 192 g/mol. The average Bonchev–Trinajstić information content (AvgIpc) is 2.43. The number of rotatable bonds is 1. The van der Waals surface area contributed by atoms with Crippen LogP contribution in [0.4, 0.5) is 0 Å². The molecule has 0 aromatic carbocycles. The second-order valence-corrected chi connectivity index (χ2v) is 5.28. The van der Waals surface area contributed by atoms with Crippen molar-refractivity contribution < 1.29 is 14.3 Å². The number of carbonyl (C=O) groups excluding carboxylic acids is 2. The molecule has 0 heterocycles. The van der Waals surface area contributed by atoms with Gasteiger partial charge in [-0.25, -0.2) is 0 Å². The second kappa shape index (κ2) is 2.63. The topological polar surface area (TPSA) is 43.4 Å². The smallest absolute Gasteiger partial charge is 0.303 e. The Labute approximate surface area is 89.2 Å². The van der Waals surface area contributed by atoms with Crippen LogP contribution in [0, 0.1) is 11.3 Å². The van der Waals surface area contributed by atoms with E-state index in [0.29, 0.717) is 18.1 Å². The molecule has 0 aromatic rings. The Balaban J connectivity index is 2.00. The van der Waals surface area contributed by atoms with Gasteiger partial charge in [-0.05, 0) is 32.1 Å². The Morgan fingerprint density at radius 3 is 2.93 bits per heavy atom. The third-order valence-electron chi connectivity index (χ3n) is 4.80. The molecule has 3 aliphatic carbocycles. The van der Waals surface area contributed by atoms with Crippen LogP contribution >= 0.6 is 0 Å². The monoisotopic (exact) mass is 208 g/mol. The number of hydrogen-bond acceptors (Lipinski definition) is 3. The van der Waals surface area contributed by atoms with Crippen molar-refractivity contribution in [3.8, 4) is 0 Å². The van der Waals surface area contributed by atoms with Crippen molar-refractivity contribution in [2.24, 2.45) is 11.3 Å². The highest BCUT2D eigenvalue weighted by Crippen LogP contribution is 2.70. The molecule has 3 rings (SSSR count). The number of ether oxygens (including phenoxy) is 1.